The fourth-order valence-corrected chi connectivity index (χ4v) is 4.46. The number of aromatic nitrogens is 3. The molecule has 0 aliphatic rings. The Balaban J connectivity index is 1.50. The zero-order valence-corrected chi connectivity index (χ0v) is 23.1. The molecule has 0 spiro atoms. The van der Waals surface area contributed by atoms with E-state index in [0.29, 0.717) is 40.0 Å². The lowest BCUT2D eigenvalue weighted by Gasteiger charge is -2.24. The second-order valence-electron chi connectivity index (χ2n) is 9.33. The highest BCUT2D eigenvalue weighted by Gasteiger charge is 2.26. The molecule has 208 valence electrons. The average Bonchev–Trinajstić information content (AvgIpc) is 3.00. The molecule has 0 fully saturated rings. The first-order valence-corrected chi connectivity index (χ1v) is 12.8. The van der Waals surface area contributed by atoms with Gasteiger partial charge in [0.15, 0.2) is 11.5 Å². The van der Waals surface area contributed by atoms with Gasteiger partial charge in [0.25, 0.3) is 11.5 Å². The number of benzene rings is 2. The van der Waals surface area contributed by atoms with Gasteiger partial charge in [0.1, 0.15) is 22.9 Å². The van der Waals surface area contributed by atoms with Gasteiger partial charge in [-0.05, 0) is 35.9 Å². The number of hydrogen-bond donors (Lipinski definition) is 1. The summed E-state index contributed by atoms with van der Waals surface area (Å²) >= 11 is 0. The molecule has 0 bridgehead atoms. The molecular formula is C31H29N5O5. The predicted molar refractivity (Wildman–Crippen MR) is 158 cm³/mol. The Hall–Kier alpha value is -5.38. The summed E-state index contributed by atoms with van der Waals surface area (Å²) in [5, 5.41) is 0.731. The lowest BCUT2D eigenvalue weighted by Crippen LogP contribution is -2.36. The summed E-state index contributed by atoms with van der Waals surface area (Å²) in [6.07, 6.45) is 4.70. The van der Waals surface area contributed by atoms with E-state index in [1.165, 1.54) is 17.3 Å². The first-order valence-electron chi connectivity index (χ1n) is 12.8. The van der Waals surface area contributed by atoms with Gasteiger partial charge in [0, 0.05) is 37.9 Å². The zero-order valence-electron chi connectivity index (χ0n) is 23.1. The second-order valence-corrected chi connectivity index (χ2v) is 9.33. The van der Waals surface area contributed by atoms with Crippen LogP contribution < -0.4 is 29.6 Å². The lowest BCUT2D eigenvalue weighted by molar-refractivity contribution is 0.0983. The third-order valence-corrected chi connectivity index (χ3v) is 6.50. The van der Waals surface area contributed by atoms with Crippen molar-refractivity contribution in [2.75, 3.05) is 38.1 Å². The molecule has 3 aromatic heterocycles. The van der Waals surface area contributed by atoms with Gasteiger partial charge < -0.3 is 24.1 Å². The second kappa shape index (κ2) is 11.8. The highest BCUT2D eigenvalue weighted by molar-refractivity contribution is 6.09. The molecule has 1 amide bonds. The first kappa shape index (κ1) is 27.2. The van der Waals surface area contributed by atoms with Crippen LogP contribution in [0.25, 0.3) is 10.9 Å². The third kappa shape index (κ3) is 5.67. The zero-order chi connectivity index (χ0) is 28.9. The standard InChI is InChI=1S/C31H29N5O5/c1-35(2)24-12-14-33-30(37)29(24)31(38)36(19-20-8-6-5-7-9-20)28-11-10-21(18-34-28)41-25-13-15-32-23-17-27(40-4)26(39-3)16-22(23)25/h5-18H,19H2,1-4H3,(H,33,37). The van der Waals surface area contributed by atoms with Gasteiger partial charge in [-0.2, -0.15) is 0 Å². The quantitative estimate of drug-likeness (QED) is 0.271. The van der Waals surface area contributed by atoms with E-state index in [-0.39, 0.29) is 12.1 Å². The Labute approximate surface area is 236 Å². The normalized spacial score (nSPS) is 10.7. The summed E-state index contributed by atoms with van der Waals surface area (Å²) < 4.78 is 17.0. The Bertz CT molecular complexity index is 1740. The molecule has 0 aliphatic heterocycles. The summed E-state index contributed by atoms with van der Waals surface area (Å²) in [7, 11) is 6.70. The fourth-order valence-electron chi connectivity index (χ4n) is 4.46. The Kier molecular flexibility index (Phi) is 7.82. The Morgan fingerprint density at radius 3 is 2.34 bits per heavy atom. The molecule has 5 aromatic rings. The van der Waals surface area contributed by atoms with E-state index in [2.05, 4.69) is 15.0 Å². The molecular weight excluding hydrogens is 522 g/mol. The number of carbonyl (C=O) groups is 1. The highest BCUT2D eigenvalue weighted by Crippen LogP contribution is 2.37. The number of methoxy groups -OCH3 is 2. The number of pyridine rings is 3. The van der Waals surface area contributed by atoms with E-state index in [0.717, 1.165) is 10.9 Å². The van der Waals surface area contributed by atoms with Crippen molar-refractivity contribution in [3.8, 4) is 23.0 Å². The van der Waals surface area contributed by atoms with Crippen molar-refractivity contribution in [2.45, 2.75) is 6.54 Å². The van der Waals surface area contributed by atoms with Crippen LogP contribution in [0.2, 0.25) is 0 Å². The number of amides is 1. The molecule has 0 aliphatic carbocycles. The van der Waals surface area contributed by atoms with Crippen LogP contribution in [-0.2, 0) is 6.54 Å². The van der Waals surface area contributed by atoms with Gasteiger partial charge in [-0.3, -0.25) is 19.5 Å². The molecule has 0 saturated carbocycles. The number of H-pyrrole nitrogens is 1. The topological polar surface area (TPSA) is 110 Å². The van der Waals surface area contributed by atoms with Crippen LogP contribution in [0.1, 0.15) is 15.9 Å². The maximum Gasteiger partial charge on any atom is 0.267 e. The van der Waals surface area contributed by atoms with Crippen molar-refractivity contribution in [1.29, 1.82) is 0 Å². The van der Waals surface area contributed by atoms with Crippen LogP contribution in [0.3, 0.4) is 0 Å². The molecule has 41 heavy (non-hydrogen) atoms. The number of rotatable bonds is 9. The van der Waals surface area contributed by atoms with Crippen LogP contribution in [0, 0.1) is 0 Å². The molecule has 10 nitrogen and oxygen atoms in total. The SMILES string of the molecule is COc1cc2nccc(Oc3ccc(N(Cc4ccccc4)C(=O)c4c(N(C)C)cc[nH]c4=O)nc3)c2cc1OC. The smallest absolute Gasteiger partial charge is 0.267 e. The maximum atomic E-state index is 13.9. The highest BCUT2D eigenvalue weighted by atomic mass is 16.5. The van der Waals surface area contributed by atoms with Crippen LogP contribution in [0.5, 0.6) is 23.0 Å². The van der Waals surface area contributed by atoms with Gasteiger partial charge in [-0.15, -0.1) is 0 Å². The summed E-state index contributed by atoms with van der Waals surface area (Å²) in [5.74, 6) is 2.01. The average molecular weight is 552 g/mol. The molecule has 0 unspecified atom stereocenters. The number of carbonyl (C=O) groups excluding carboxylic acids is 1. The number of nitrogens with one attached hydrogen (secondary N) is 1. The number of anilines is 2. The monoisotopic (exact) mass is 551 g/mol. The van der Waals surface area contributed by atoms with E-state index in [1.807, 2.05) is 30.3 Å². The molecule has 5 rings (SSSR count). The van der Waals surface area contributed by atoms with Gasteiger partial charge in [-0.1, -0.05) is 30.3 Å². The molecule has 1 N–H and O–H groups in total. The van der Waals surface area contributed by atoms with E-state index in [1.54, 1.807) is 75.8 Å². The first-order chi connectivity index (χ1) is 19.9. The van der Waals surface area contributed by atoms with Gasteiger partial charge in [0.2, 0.25) is 0 Å². The van der Waals surface area contributed by atoms with E-state index >= 15 is 0 Å². The molecule has 10 heteroatoms. The summed E-state index contributed by atoms with van der Waals surface area (Å²) in [6.45, 7) is 0.213. The molecule has 3 heterocycles. The Morgan fingerprint density at radius 1 is 0.902 bits per heavy atom. The minimum Gasteiger partial charge on any atom is -0.493 e. The largest absolute Gasteiger partial charge is 0.493 e. The number of ether oxygens (including phenoxy) is 3. The third-order valence-electron chi connectivity index (χ3n) is 6.50. The van der Waals surface area contributed by atoms with Crippen molar-refractivity contribution >= 4 is 28.3 Å². The molecule has 0 saturated heterocycles. The summed E-state index contributed by atoms with van der Waals surface area (Å²) in [6, 6.07) is 20.0. The van der Waals surface area contributed by atoms with Gasteiger partial charge >= 0.3 is 0 Å². The van der Waals surface area contributed by atoms with Crippen molar-refractivity contribution in [1.82, 2.24) is 15.0 Å². The van der Waals surface area contributed by atoms with E-state index < -0.39 is 11.5 Å². The minimum absolute atomic E-state index is 0.0307. The number of nitrogens with zero attached hydrogens (tertiary/aromatic N) is 4. The summed E-state index contributed by atoms with van der Waals surface area (Å²) in [4.78, 5) is 41.5. The van der Waals surface area contributed by atoms with Crippen LogP contribution in [0.4, 0.5) is 11.5 Å². The van der Waals surface area contributed by atoms with Crippen LogP contribution in [0.15, 0.2) is 90.1 Å². The van der Waals surface area contributed by atoms with Crippen molar-refractivity contribution in [2.24, 2.45) is 0 Å². The van der Waals surface area contributed by atoms with Crippen molar-refractivity contribution < 1.29 is 19.0 Å². The molecule has 2 aromatic carbocycles. The maximum absolute atomic E-state index is 13.9. The van der Waals surface area contributed by atoms with Gasteiger partial charge in [-0.25, -0.2) is 4.98 Å². The van der Waals surface area contributed by atoms with Crippen molar-refractivity contribution in [3.63, 3.8) is 0 Å². The summed E-state index contributed by atoms with van der Waals surface area (Å²) in [5.41, 5.74) is 1.62. The van der Waals surface area contributed by atoms with Gasteiger partial charge in [0.05, 0.1) is 38.2 Å². The molecule has 0 atom stereocenters. The predicted octanol–water partition coefficient (Wildman–Crippen LogP) is 5.04. The molecule has 0 radical (unpaired) electrons. The van der Waals surface area contributed by atoms with Crippen LogP contribution >= 0.6 is 0 Å². The van der Waals surface area contributed by atoms with E-state index in [4.69, 9.17) is 14.2 Å². The number of aromatic amines is 1. The lowest BCUT2D eigenvalue weighted by atomic mass is 10.1. The number of fused-ring (bicyclic) bond motifs is 1. The fraction of sp³-hybridized carbons (Fsp3) is 0.161. The minimum atomic E-state index is -0.476. The Morgan fingerprint density at radius 2 is 1.66 bits per heavy atom. The van der Waals surface area contributed by atoms with E-state index in [9.17, 15) is 9.59 Å². The van der Waals surface area contributed by atoms with Crippen molar-refractivity contribution in [3.05, 3.63) is 107 Å². The van der Waals surface area contributed by atoms with Crippen LogP contribution in [-0.4, -0.2) is 49.2 Å². The number of hydrogen-bond acceptors (Lipinski definition) is 8.